The third kappa shape index (κ3) is 8.24. The Morgan fingerprint density at radius 1 is 0.907 bits per heavy atom. The molecule has 4 atom stereocenters. The Hall–Kier alpha value is -3.78. The highest BCUT2D eigenvalue weighted by molar-refractivity contribution is 7.98. The van der Waals surface area contributed by atoms with E-state index in [2.05, 4.69) is 107 Å². The lowest BCUT2D eigenvalue weighted by molar-refractivity contribution is -0.0244. The molecule has 0 spiro atoms. The number of aryl methyl sites for hydroxylation is 1. The van der Waals surface area contributed by atoms with Crippen molar-refractivity contribution in [3.63, 3.8) is 0 Å². The van der Waals surface area contributed by atoms with Gasteiger partial charge in [-0.1, -0.05) is 88.9 Å². The number of ether oxygens (including phenoxy) is 1. The van der Waals surface area contributed by atoms with Gasteiger partial charge in [-0.3, -0.25) is 4.98 Å². The zero-order chi connectivity index (χ0) is 39.1. The molecule has 1 fully saturated rings. The summed E-state index contributed by atoms with van der Waals surface area (Å²) >= 11 is 1.79. The molecular weight excluding hydrogens is 729 g/mol. The van der Waals surface area contributed by atoms with Crippen LogP contribution in [0.25, 0.3) is 22.4 Å². The highest BCUT2D eigenvalue weighted by Gasteiger charge is 2.54. The van der Waals surface area contributed by atoms with Crippen LogP contribution in [0, 0.1) is 18.8 Å². The average molecular weight is 783 g/mol. The van der Waals surface area contributed by atoms with Crippen molar-refractivity contribution < 1.29 is 18.1 Å². The molecule has 0 radical (unpaired) electrons. The summed E-state index contributed by atoms with van der Waals surface area (Å²) in [5.74, 6) is 9.09. The topological polar surface area (TPSA) is 123 Å². The molecule has 1 saturated heterocycles. The summed E-state index contributed by atoms with van der Waals surface area (Å²) < 4.78 is 29.9. The molecule has 4 aromatic heterocycles. The molecule has 13 heteroatoms. The minimum absolute atomic E-state index is 0.0364. The van der Waals surface area contributed by atoms with Gasteiger partial charge in [-0.2, -0.15) is 11.8 Å². The number of rotatable bonds is 10. The molecule has 0 aliphatic carbocycles. The third-order valence-electron chi connectivity index (χ3n) is 11.2. The largest absolute Gasteiger partial charge is 0.408 e. The van der Waals surface area contributed by atoms with Crippen LogP contribution in [0.3, 0.4) is 0 Å². The first-order valence-electron chi connectivity index (χ1n) is 18.5. The van der Waals surface area contributed by atoms with Gasteiger partial charge in [-0.25, -0.2) is 9.97 Å². The number of hydrogen-bond acceptors (Lipinski definition) is 10. The highest BCUT2D eigenvalue weighted by Crippen LogP contribution is 2.47. The second-order valence-electron chi connectivity index (χ2n) is 17.1. The molecule has 1 aliphatic rings. The molecular formula is C41H54N6O4SSi2. The van der Waals surface area contributed by atoms with E-state index in [4.69, 9.17) is 28.8 Å². The van der Waals surface area contributed by atoms with Gasteiger partial charge in [0.25, 0.3) is 0 Å². The van der Waals surface area contributed by atoms with E-state index in [9.17, 15) is 0 Å². The van der Waals surface area contributed by atoms with Gasteiger partial charge in [0.1, 0.15) is 30.0 Å². The number of thioether (sulfide) groups is 1. The van der Waals surface area contributed by atoms with Gasteiger partial charge in [0.2, 0.25) is 0 Å². The van der Waals surface area contributed by atoms with Crippen LogP contribution in [0.5, 0.6) is 0 Å². The van der Waals surface area contributed by atoms with Crippen LogP contribution in [0.4, 0.5) is 5.82 Å². The second-order valence-corrected chi connectivity index (χ2v) is 27.6. The van der Waals surface area contributed by atoms with E-state index in [1.54, 1.807) is 24.2 Å². The lowest BCUT2D eigenvalue weighted by Crippen LogP contribution is -2.53. The summed E-state index contributed by atoms with van der Waals surface area (Å²) in [6, 6.07) is 13.9. The number of hydrogen-bond donors (Lipinski definition) is 1. The quantitative estimate of drug-likeness (QED) is 0.108. The van der Waals surface area contributed by atoms with Crippen molar-refractivity contribution in [2.75, 3.05) is 11.5 Å². The van der Waals surface area contributed by atoms with E-state index in [1.165, 1.54) is 6.33 Å². The van der Waals surface area contributed by atoms with Crippen LogP contribution < -0.4 is 5.73 Å². The Labute approximate surface area is 326 Å². The first-order valence-corrected chi connectivity index (χ1v) is 25.5. The Morgan fingerprint density at radius 2 is 1.59 bits per heavy atom. The van der Waals surface area contributed by atoms with Crippen LogP contribution >= 0.6 is 11.8 Å². The molecule has 5 aromatic rings. The SMILES string of the molecule is Cc1noc(-c2ccccc2)c1CSC[C@H]1O[C@@H](n2cc(C#Cc3cccnc3)c3c(N)ncnc32)[C@H](O[Si](C)(C)C(C)(C)C)[C@@H]1O[Si](C)(C)C(C)(C)C. The molecule has 5 heterocycles. The molecule has 6 rings (SSSR count). The third-order valence-corrected chi connectivity index (χ3v) is 21.2. The molecule has 0 bridgehead atoms. The molecule has 0 saturated carbocycles. The number of nitrogen functional groups attached to an aromatic ring is 1. The maximum atomic E-state index is 7.43. The normalized spacial score (nSPS) is 19.6. The first-order chi connectivity index (χ1) is 25.4. The van der Waals surface area contributed by atoms with Crippen LogP contribution in [0.1, 0.15) is 70.2 Å². The van der Waals surface area contributed by atoms with Crippen LogP contribution in [-0.2, 0) is 19.3 Å². The molecule has 10 nitrogen and oxygen atoms in total. The fourth-order valence-electron chi connectivity index (χ4n) is 5.99. The standard InChI is InChI=1S/C41H54N6O4SSi2/c1-27-31(34(49-46-27)29-17-13-12-14-18-29)24-52-25-32-35(50-53(8,9)40(2,3)4)36(51-54(10,11)41(5,6)7)39(48-32)47-23-30(20-19-28-16-15-21-43-22-28)33-37(42)44-26-45-38(33)47/h12-18,21-23,26,32,35-36,39H,24-25H2,1-11H3,(H2,42,44,45)/t32-,35-,36-,39-/m1/s1. The smallest absolute Gasteiger partial charge is 0.192 e. The van der Waals surface area contributed by atoms with Gasteiger partial charge in [0.05, 0.1) is 22.7 Å². The van der Waals surface area contributed by atoms with E-state index in [1.807, 2.05) is 48.0 Å². The van der Waals surface area contributed by atoms with Crippen molar-refractivity contribution in [2.45, 2.75) is 115 Å². The summed E-state index contributed by atoms with van der Waals surface area (Å²) in [5, 5.41) is 4.92. The molecule has 0 unspecified atom stereocenters. The van der Waals surface area contributed by atoms with Gasteiger partial charge in [-0.15, -0.1) is 0 Å². The Kier molecular flexibility index (Phi) is 11.4. The summed E-state index contributed by atoms with van der Waals surface area (Å²) in [6.45, 7) is 24.8. The lowest BCUT2D eigenvalue weighted by Gasteiger charge is -2.44. The first kappa shape index (κ1) is 39.9. The molecule has 2 N–H and O–H groups in total. The highest BCUT2D eigenvalue weighted by atomic mass is 32.2. The maximum Gasteiger partial charge on any atom is 0.192 e. The fourth-order valence-corrected chi connectivity index (χ4v) is 9.76. The van der Waals surface area contributed by atoms with Crippen molar-refractivity contribution in [1.29, 1.82) is 0 Å². The van der Waals surface area contributed by atoms with E-state index >= 15 is 0 Å². The van der Waals surface area contributed by atoms with E-state index in [0.29, 0.717) is 33.9 Å². The number of nitrogens with zero attached hydrogens (tertiary/aromatic N) is 5. The van der Waals surface area contributed by atoms with E-state index in [0.717, 1.165) is 28.1 Å². The zero-order valence-corrected chi connectivity index (χ0v) is 36.2. The lowest BCUT2D eigenvalue weighted by atomic mass is 10.1. The van der Waals surface area contributed by atoms with Gasteiger partial charge in [-0.05, 0) is 55.3 Å². The molecule has 1 aromatic carbocycles. The monoisotopic (exact) mass is 782 g/mol. The Bertz CT molecular complexity index is 2130. The number of benzene rings is 1. The second kappa shape index (κ2) is 15.4. The summed E-state index contributed by atoms with van der Waals surface area (Å²) in [7, 11) is -4.70. The number of aromatic nitrogens is 5. The molecule has 286 valence electrons. The minimum atomic E-state index is -2.37. The molecule has 54 heavy (non-hydrogen) atoms. The van der Waals surface area contributed by atoms with Gasteiger partial charge < -0.3 is 28.4 Å². The summed E-state index contributed by atoms with van der Waals surface area (Å²) in [6.07, 6.45) is 5.29. The zero-order valence-electron chi connectivity index (χ0n) is 33.4. The minimum Gasteiger partial charge on any atom is -0.408 e. The predicted octanol–water partition coefficient (Wildman–Crippen LogP) is 9.38. The van der Waals surface area contributed by atoms with Crippen molar-refractivity contribution in [2.24, 2.45) is 0 Å². The Balaban J connectivity index is 1.43. The van der Waals surface area contributed by atoms with E-state index in [-0.39, 0.29) is 22.3 Å². The van der Waals surface area contributed by atoms with Crippen molar-refractivity contribution >= 4 is 45.2 Å². The number of anilines is 1. The summed E-state index contributed by atoms with van der Waals surface area (Å²) in [5.41, 5.74) is 11.7. The number of pyridine rings is 1. The molecule has 0 amide bonds. The number of nitrogens with two attached hydrogens (primary N) is 1. The molecule has 1 aliphatic heterocycles. The maximum absolute atomic E-state index is 7.43. The predicted molar refractivity (Wildman–Crippen MR) is 223 cm³/mol. The average Bonchev–Trinajstić information content (AvgIpc) is 3.77. The van der Waals surface area contributed by atoms with Crippen LogP contribution in [0.15, 0.2) is 71.9 Å². The summed E-state index contributed by atoms with van der Waals surface area (Å²) in [4.78, 5) is 13.3. The van der Waals surface area contributed by atoms with Crippen molar-refractivity contribution in [3.8, 4) is 23.2 Å². The van der Waals surface area contributed by atoms with Gasteiger partial charge in [0, 0.05) is 46.8 Å². The van der Waals surface area contributed by atoms with E-state index < -0.39 is 29.0 Å². The van der Waals surface area contributed by atoms with Crippen LogP contribution in [0.2, 0.25) is 36.3 Å². The Morgan fingerprint density at radius 3 is 2.24 bits per heavy atom. The van der Waals surface area contributed by atoms with Gasteiger partial charge >= 0.3 is 0 Å². The number of fused-ring (bicyclic) bond motifs is 1. The van der Waals surface area contributed by atoms with Crippen molar-refractivity contribution in [1.82, 2.24) is 24.7 Å². The van der Waals surface area contributed by atoms with Crippen LogP contribution in [-0.4, -0.2) is 65.4 Å². The van der Waals surface area contributed by atoms with Gasteiger partial charge in [0.15, 0.2) is 28.6 Å². The van der Waals surface area contributed by atoms with Crippen molar-refractivity contribution in [3.05, 3.63) is 89.8 Å². The fraction of sp³-hybridized carbons (Fsp3) is 0.463.